The maximum Gasteiger partial charge on any atom is 0.329 e. The van der Waals surface area contributed by atoms with Crippen LogP contribution in [-0.4, -0.2) is 29.9 Å². The molecule has 0 aliphatic rings. The van der Waals surface area contributed by atoms with Crippen molar-refractivity contribution in [2.75, 3.05) is 12.0 Å². The van der Waals surface area contributed by atoms with Crippen molar-refractivity contribution in [1.82, 2.24) is 5.32 Å². The van der Waals surface area contributed by atoms with Gasteiger partial charge in [-0.25, -0.2) is 4.79 Å². The van der Waals surface area contributed by atoms with E-state index in [0.29, 0.717) is 28.9 Å². The maximum absolute atomic E-state index is 12.5. The molecular formula is C21H22N2O3S. The van der Waals surface area contributed by atoms with Crippen LogP contribution >= 0.6 is 11.8 Å². The van der Waals surface area contributed by atoms with Crippen LogP contribution in [0, 0.1) is 18.3 Å². The lowest BCUT2D eigenvalue weighted by molar-refractivity contribution is -0.147. The molecule has 0 spiro atoms. The molecule has 1 amide bonds. The molecule has 5 nitrogen and oxygen atoms in total. The molecule has 2 aromatic rings. The molecular weight excluding hydrogens is 360 g/mol. The van der Waals surface area contributed by atoms with Crippen molar-refractivity contribution < 1.29 is 14.3 Å². The summed E-state index contributed by atoms with van der Waals surface area (Å²) in [5, 5.41) is 11.9. The number of benzene rings is 2. The van der Waals surface area contributed by atoms with Gasteiger partial charge in [-0.3, -0.25) is 4.79 Å². The summed E-state index contributed by atoms with van der Waals surface area (Å²) in [7, 11) is 0. The Hall–Kier alpha value is -2.78. The molecule has 27 heavy (non-hydrogen) atoms. The summed E-state index contributed by atoms with van der Waals surface area (Å²) in [4.78, 5) is 25.0. The number of esters is 1. The molecule has 0 radical (unpaired) electrons. The minimum atomic E-state index is -0.736. The Kier molecular flexibility index (Phi) is 7.90. The summed E-state index contributed by atoms with van der Waals surface area (Å²) in [6.07, 6.45) is 2.41. The second-order valence-corrected chi connectivity index (χ2v) is 7.04. The van der Waals surface area contributed by atoms with Crippen molar-refractivity contribution in [3.05, 3.63) is 70.8 Å². The fourth-order valence-corrected chi connectivity index (χ4v) is 2.99. The minimum absolute atomic E-state index is 0.00134. The third-order valence-electron chi connectivity index (χ3n) is 3.99. The van der Waals surface area contributed by atoms with Crippen LogP contribution in [0.1, 0.15) is 33.5 Å². The highest BCUT2D eigenvalue weighted by Crippen LogP contribution is 2.11. The number of thioether (sulfide) groups is 1. The molecule has 1 atom stereocenters. The van der Waals surface area contributed by atoms with Gasteiger partial charge in [0.1, 0.15) is 12.6 Å². The highest BCUT2D eigenvalue weighted by Gasteiger charge is 2.23. The van der Waals surface area contributed by atoms with Crippen LogP contribution < -0.4 is 5.32 Å². The molecule has 0 aliphatic carbocycles. The molecule has 0 saturated heterocycles. The van der Waals surface area contributed by atoms with Gasteiger partial charge in [-0.05, 0) is 43.6 Å². The number of nitriles is 1. The zero-order chi connectivity index (χ0) is 19.6. The van der Waals surface area contributed by atoms with Gasteiger partial charge >= 0.3 is 5.97 Å². The Morgan fingerprint density at radius 2 is 2.00 bits per heavy atom. The van der Waals surface area contributed by atoms with E-state index in [4.69, 9.17) is 10.00 Å². The number of carbonyl (C=O) groups is 2. The lowest BCUT2D eigenvalue weighted by Crippen LogP contribution is -2.42. The average molecular weight is 382 g/mol. The van der Waals surface area contributed by atoms with E-state index in [0.717, 1.165) is 5.56 Å². The Morgan fingerprint density at radius 1 is 1.22 bits per heavy atom. The second-order valence-electron chi connectivity index (χ2n) is 6.05. The van der Waals surface area contributed by atoms with E-state index in [9.17, 15) is 9.59 Å². The molecule has 0 aromatic heterocycles. The van der Waals surface area contributed by atoms with Crippen molar-refractivity contribution in [3.63, 3.8) is 0 Å². The Bertz CT molecular complexity index is 845. The van der Waals surface area contributed by atoms with Crippen LogP contribution in [0.5, 0.6) is 0 Å². The number of ether oxygens (including phenoxy) is 1. The first-order valence-corrected chi connectivity index (χ1v) is 9.95. The van der Waals surface area contributed by atoms with E-state index >= 15 is 0 Å². The van der Waals surface area contributed by atoms with Crippen molar-refractivity contribution in [2.24, 2.45) is 0 Å². The number of amides is 1. The largest absolute Gasteiger partial charge is 0.459 e. The van der Waals surface area contributed by atoms with Crippen molar-refractivity contribution in [2.45, 2.75) is 26.0 Å². The summed E-state index contributed by atoms with van der Waals surface area (Å²) in [5.74, 6) is -0.0974. The van der Waals surface area contributed by atoms with Gasteiger partial charge < -0.3 is 10.1 Å². The fraction of sp³-hybridized carbons (Fsp3) is 0.286. The number of hydrogen-bond donors (Lipinski definition) is 1. The van der Waals surface area contributed by atoms with E-state index in [1.807, 2.05) is 19.2 Å². The number of carbonyl (C=O) groups excluding carboxylic acids is 2. The molecule has 0 fully saturated rings. The van der Waals surface area contributed by atoms with Gasteiger partial charge in [0.25, 0.3) is 5.91 Å². The second kappa shape index (κ2) is 10.4. The maximum atomic E-state index is 12.5. The van der Waals surface area contributed by atoms with Crippen molar-refractivity contribution in [3.8, 4) is 6.07 Å². The molecule has 140 valence electrons. The monoisotopic (exact) mass is 382 g/mol. The Balaban J connectivity index is 2.04. The SMILES string of the molecule is CSCC[C@@H](NC(=O)c1cccc(C)c1)C(=O)OCc1ccccc1C#N. The first-order valence-electron chi connectivity index (χ1n) is 8.56. The molecule has 0 saturated carbocycles. The van der Waals surface area contributed by atoms with Crippen LogP contribution in [0.2, 0.25) is 0 Å². The topological polar surface area (TPSA) is 79.2 Å². The number of nitrogens with zero attached hydrogens (tertiary/aromatic N) is 1. The highest BCUT2D eigenvalue weighted by molar-refractivity contribution is 7.98. The first kappa shape index (κ1) is 20.5. The number of nitrogens with one attached hydrogen (secondary N) is 1. The molecule has 0 heterocycles. The lowest BCUT2D eigenvalue weighted by atomic mass is 10.1. The van der Waals surface area contributed by atoms with Crippen LogP contribution in [0.15, 0.2) is 48.5 Å². The number of hydrogen-bond acceptors (Lipinski definition) is 5. The van der Waals surface area contributed by atoms with Gasteiger partial charge in [-0.2, -0.15) is 17.0 Å². The van der Waals surface area contributed by atoms with Gasteiger partial charge in [-0.1, -0.05) is 35.9 Å². The third-order valence-corrected chi connectivity index (χ3v) is 4.63. The predicted octanol–water partition coefficient (Wildman–Crippen LogP) is 3.46. The lowest BCUT2D eigenvalue weighted by Gasteiger charge is -2.18. The van der Waals surface area contributed by atoms with Crippen LogP contribution in [0.4, 0.5) is 0 Å². The van der Waals surface area contributed by atoms with Gasteiger partial charge in [0.05, 0.1) is 11.6 Å². The molecule has 2 aromatic carbocycles. The van der Waals surface area contributed by atoms with E-state index < -0.39 is 12.0 Å². The summed E-state index contributed by atoms with van der Waals surface area (Å²) >= 11 is 1.59. The van der Waals surface area contributed by atoms with E-state index in [1.165, 1.54) is 0 Å². The zero-order valence-corrected chi connectivity index (χ0v) is 16.2. The van der Waals surface area contributed by atoms with Crippen molar-refractivity contribution in [1.29, 1.82) is 5.26 Å². The highest BCUT2D eigenvalue weighted by atomic mass is 32.2. The zero-order valence-electron chi connectivity index (χ0n) is 15.4. The molecule has 0 bridgehead atoms. The smallest absolute Gasteiger partial charge is 0.329 e. The van der Waals surface area contributed by atoms with Crippen LogP contribution in [0.3, 0.4) is 0 Å². The molecule has 6 heteroatoms. The third kappa shape index (κ3) is 6.15. The van der Waals surface area contributed by atoms with Gasteiger partial charge in [-0.15, -0.1) is 0 Å². The van der Waals surface area contributed by atoms with E-state index in [2.05, 4.69) is 11.4 Å². The summed E-state index contributed by atoms with van der Waals surface area (Å²) < 4.78 is 5.38. The van der Waals surface area contributed by atoms with Crippen LogP contribution in [-0.2, 0) is 16.1 Å². The van der Waals surface area contributed by atoms with Gasteiger partial charge in [0, 0.05) is 11.1 Å². The number of rotatable bonds is 8. The van der Waals surface area contributed by atoms with E-state index in [1.54, 1.807) is 54.2 Å². The summed E-state index contributed by atoms with van der Waals surface area (Å²) in [6.45, 7) is 1.90. The fourth-order valence-electron chi connectivity index (χ4n) is 2.52. The Morgan fingerprint density at radius 3 is 2.70 bits per heavy atom. The standard InChI is InChI=1S/C21H22N2O3S/c1-15-6-5-9-16(12-15)20(24)23-19(10-11-27-2)21(25)26-14-18-8-4-3-7-17(18)13-22/h3-9,12,19H,10-11,14H2,1-2H3,(H,23,24)/t19-/m1/s1. The average Bonchev–Trinajstić information content (AvgIpc) is 2.69. The summed E-state index contributed by atoms with van der Waals surface area (Å²) in [5.41, 5.74) is 2.59. The van der Waals surface area contributed by atoms with Crippen LogP contribution in [0.25, 0.3) is 0 Å². The Labute approximate surface area is 163 Å². The minimum Gasteiger partial charge on any atom is -0.459 e. The summed E-state index contributed by atoms with van der Waals surface area (Å²) in [6, 6.07) is 15.5. The molecule has 0 unspecified atom stereocenters. The molecule has 1 N–H and O–H groups in total. The van der Waals surface area contributed by atoms with E-state index in [-0.39, 0.29) is 12.5 Å². The molecule has 0 aliphatic heterocycles. The van der Waals surface area contributed by atoms with Gasteiger partial charge in [0.15, 0.2) is 0 Å². The molecule has 2 rings (SSSR count). The van der Waals surface area contributed by atoms with Crippen molar-refractivity contribution >= 4 is 23.6 Å². The van der Waals surface area contributed by atoms with Gasteiger partial charge in [0.2, 0.25) is 0 Å². The number of aryl methyl sites for hydroxylation is 1. The first-order chi connectivity index (χ1) is 13.0. The predicted molar refractivity (Wildman–Crippen MR) is 106 cm³/mol. The normalized spacial score (nSPS) is 11.3. The quantitative estimate of drug-likeness (QED) is 0.707.